The van der Waals surface area contributed by atoms with E-state index in [2.05, 4.69) is 32.2 Å². The first-order valence-corrected chi connectivity index (χ1v) is 5.96. The van der Waals surface area contributed by atoms with Crippen molar-refractivity contribution in [1.82, 2.24) is 5.32 Å². The summed E-state index contributed by atoms with van der Waals surface area (Å²) in [6.07, 6.45) is 1.17. The summed E-state index contributed by atoms with van der Waals surface area (Å²) in [5, 5.41) is 12.3. The molecule has 1 atom stereocenters. The van der Waals surface area contributed by atoms with E-state index in [9.17, 15) is 0 Å². The van der Waals surface area contributed by atoms with Crippen LogP contribution in [0, 0.1) is 11.3 Å². The molecule has 0 aromatic heterocycles. The van der Waals surface area contributed by atoms with Crippen LogP contribution < -0.4 is 5.32 Å². The summed E-state index contributed by atoms with van der Waals surface area (Å²) in [5.41, 5.74) is -0.367. The van der Waals surface area contributed by atoms with Gasteiger partial charge in [0.25, 0.3) is 0 Å². The molecule has 0 fully saturated rings. The Hall–Kier alpha value is -0.200. The molecular weight excluding hydrogens is 180 g/mol. The van der Waals surface area contributed by atoms with Gasteiger partial charge in [0.1, 0.15) is 5.54 Å². The molecular formula is C10H20N2S. The molecule has 0 rings (SSSR count). The van der Waals surface area contributed by atoms with Crippen molar-refractivity contribution >= 4 is 11.8 Å². The molecule has 0 amide bonds. The van der Waals surface area contributed by atoms with Crippen LogP contribution in [0.1, 0.15) is 34.1 Å². The van der Waals surface area contributed by atoms with Gasteiger partial charge in [0.15, 0.2) is 0 Å². The lowest BCUT2D eigenvalue weighted by atomic mass is 10.1. The van der Waals surface area contributed by atoms with E-state index in [0.29, 0.717) is 6.04 Å². The predicted molar refractivity (Wildman–Crippen MR) is 59.9 cm³/mol. The standard InChI is InChI=1S/C10H20N2S/c1-5-6-13-8-10(4,7-11)12-9(2)3/h9,12H,5-6,8H2,1-4H3. The van der Waals surface area contributed by atoms with E-state index < -0.39 is 0 Å². The van der Waals surface area contributed by atoms with E-state index in [4.69, 9.17) is 5.26 Å². The Kier molecular flexibility index (Phi) is 6.19. The van der Waals surface area contributed by atoms with Crippen molar-refractivity contribution < 1.29 is 0 Å². The summed E-state index contributed by atoms with van der Waals surface area (Å²) in [7, 11) is 0. The smallest absolute Gasteiger partial charge is 0.113 e. The zero-order valence-electron chi connectivity index (χ0n) is 9.05. The summed E-state index contributed by atoms with van der Waals surface area (Å²) in [4.78, 5) is 0. The molecule has 1 unspecified atom stereocenters. The maximum Gasteiger partial charge on any atom is 0.113 e. The molecule has 13 heavy (non-hydrogen) atoms. The molecule has 0 heterocycles. The van der Waals surface area contributed by atoms with Crippen LogP contribution in [0.2, 0.25) is 0 Å². The zero-order valence-corrected chi connectivity index (χ0v) is 9.87. The van der Waals surface area contributed by atoms with E-state index in [0.717, 1.165) is 11.5 Å². The quantitative estimate of drug-likeness (QED) is 0.669. The zero-order chi connectivity index (χ0) is 10.3. The Morgan fingerprint density at radius 3 is 2.54 bits per heavy atom. The second-order valence-electron chi connectivity index (χ2n) is 3.80. The fourth-order valence-electron chi connectivity index (χ4n) is 1.16. The lowest BCUT2D eigenvalue weighted by Gasteiger charge is -2.25. The Balaban J connectivity index is 3.91. The van der Waals surface area contributed by atoms with E-state index >= 15 is 0 Å². The third-order valence-electron chi connectivity index (χ3n) is 1.59. The summed E-state index contributed by atoms with van der Waals surface area (Å²) in [5.74, 6) is 2.01. The third kappa shape index (κ3) is 5.95. The van der Waals surface area contributed by atoms with Gasteiger partial charge in [-0.2, -0.15) is 17.0 Å². The number of nitrogens with one attached hydrogen (secondary N) is 1. The Morgan fingerprint density at radius 1 is 1.54 bits per heavy atom. The highest BCUT2D eigenvalue weighted by molar-refractivity contribution is 7.99. The summed E-state index contributed by atoms with van der Waals surface area (Å²) < 4.78 is 0. The van der Waals surface area contributed by atoms with Crippen LogP contribution in [0.5, 0.6) is 0 Å². The van der Waals surface area contributed by atoms with Crippen LogP contribution in [0.4, 0.5) is 0 Å². The minimum absolute atomic E-state index is 0.367. The summed E-state index contributed by atoms with van der Waals surface area (Å²) in [6.45, 7) is 8.27. The van der Waals surface area contributed by atoms with Crippen LogP contribution in [0.25, 0.3) is 0 Å². The lowest BCUT2D eigenvalue weighted by Crippen LogP contribution is -2.47. The van der Waals surface area contributed by atoms with Crippen LogP contribution in [-0.2, 0) is 0 Å². The molecule has 0 bridgehead atoms. The highest BCUT2D eigenvalue weighted by atomic mass is 32.2. The first kappa shape index (κ1) is 12.8. The van der Waals surface area contributed by atoms with Crippen molar-refractivity contribution in [3.05, 3.63) is 0 Å². The normalized spacial score (nSPS) is 15.4. The molecule has 0 aliphatic heterocycles. The van der Waals surface area contributed by atoms with E-state index in [1.165, 1.54) is 6.42 Å². The van der Waals surface area contributed by atoms with Crippen LogP contribution in [0.15, 0.2) is 0 Å². The number of thioether (sulfide) groups is 1. The lowest BCUT2D eigenvalue weighted by molar-refractivity contribution is 0.443. The van der Waals surface area contributed by atoms with Gasteiger partial charge < -0.3 is 0 Å². The maximum absolute atomic E-state index is 9.01. The van der Waals surface area contributed by atoms with E-state index in [1.807, 2.05) is 18.7 Å². The van der Waals surface area contributed by atoms with Crippen LogP contribution >= 0.6 is 11.8 Å². The first-order valence-electron chi connectivity index (χ1n) is 4.80. The molecule has 0 radical (unpaired) electrons. The molecule has 3 heteroatoms. The van der Waals surface area contributed by atoms with Gasteiger partial charge in [-0.3, -0.25) is 5.32 Å². The highest BCUT2D eigenvalue weighted by Crippen LogP contribution is 2.13. The van der Waals surface area contributed by atoms with Gasteiger partial charge in [0.05, 0.1) is 6.07 Å². The summed E-state index contributed by atoms with van der Waals surface area (Å²) in [6, 6.07) is 2.70. The van der Waals surface area contributed by atoms with Crippen LogP contribution in [0.3, 0.4) is 0 Å². The number of hydrogen-bond donors (Lipinski definition) is 1. The Bertz CT molecular complexity index is 174. The Labute approximate surface area is 86.1 Å². The second kappa shape index (κ2) is 6.28. The molecule has 0 aliphatic carbocycles. The topological polar surface area (TPSA) is 35.8 Å². The molecule has 76 valence electrons. The van der Waals surface area contributed by atoms with E-state index in [-0.39, 0.29) is 5.54 Å². The highest BCUT2D eigenvalue weighted by Gasteiger charge is 2.23. The molecule has 0 spiro atoms. The second-order valence-corrected chi connectivity index (χ2v) is 4.90. The van der Waals surface area contributed by atoms with E-state index in [1.54, 1.807) is 0 Å². The molecule has 0 aromatic carbocycles. The van der Waals surface area contributed by atoms with Crippen molar-refractivity contribution in [2.45, 2.75) is 45.7 Å². The third-order valence-corrected chi connectivity index (χ3v) is 3.07. The van der Waals surface area contributed by atoms with Crippen molar-refractivity contribution in [3.8, 4) is 6.07 Å². The number of rotatable bonds is 6. The monoisotopic (exact) mass is 200 g/mol. The molecule has 2 nitrogen and oxygen atoms in total. The molecule has 0 aliphatic rings. The first-order chi connectivity index (χ1) is 6.04. The van der Waals surface area contributed by atoms with Gasteiger partial charge >= 0.3 is 0 Å². The van der Waals surface area contributed by atoms with Gasteiger partial charge in [-0.05, 0) is 32.9 Å². The fourth-order valence-corrected chi connectivity index (χ4v) is 2.15. The minimum atomic E-state index is -0.367. The van der Waals surface area contributed by atoms with Gasteiger partial charge in [0, 0.05) is 11.8 Å². The fraction of sp³-hybridized carbons (Fsp3) is 0.900. The summed E-state index contributed by atoms with van der Waals surface area (Å²) >= 11 is 1.84. The van der Waals surface area contributed by atoms with Crippen LogP contribution in [-0.4, -0.2) is 23.1 Å². The molecule has 0 saturated carbocycles. The van der Waals surface area contributed by atoms with Gasteiger partial charge in [-0.1, -0.05) is 6.92 Å². The number of hydrogen-bond acceptors (Lipinski definition) is 3. The Morgan fingerprint density at radius 2 is 2.15 bits per heavy atom. The van der Waals surface area contributed by atoms with Gasteiger partial charge in [-0.15, -0.1) is 0 Å². The minimum Gasteiger partial charge on any atom is -0.297 e. The maximum atomic E-state index is 9.01. The molecule has 1 N–H and O–H groups in total. The predicted octanol–water partition coefficient (Wildman–Crippen LogP) is 2.41. The molecule has 0 aromatic rings. The average Bonchev–Trinajstić information content (AvgIpc) is 2.04. The van der Waals surface area contributed by atoms with Crippen molar-refractivity contribution in [3.63, 3.8) is 0 Å². The van der Waals surface area contributed by atoms with Crippen molar-refractivity contribution in [1.29, 1.82) is 5.26 Å². The SMILES string of the molecule is CCCSCC(C)(C#N)NC(C)C. The van der Waals surface area contributed by atoms with Gasteiger partial charge in [-0.25, -0.2) is 0 Å². The number of nitrogens with zero attached hydrogens (tertiary/aromatic N) is 1. The largest absolute Gasteiger partial charge is 0.297 e. The van der Waals surface area contributed by atoms with Crippen molar-refractivity contribution in [2.24, 2.45) is 0 Å². The number of nitriles is 1. The molecule has 0 saturated heterocycles. The van der Waals surface area contributed by atoms with Crippen molar-refractivity contribution in [2.75, 3.05) is 11.5 Å². The van der Waals surface area contributed by atoms with Gasteiger partial charge in [0.2, 0.25) is 0 Å². The average molecular weight is 200 g/mol.